The summed E-state index contributed by atoms with van der Waals surface area (Å²) < 4.78 is 18.5. The van der Waals surface area contributed by atoms with E-state index in [0.29, 0.717) is 19.0 Å². The number of morpholine rings is 1. The van der Waals surface area contributed by atoms with Crippen LogP contribution in [-0.4, -0.2) is 60.4 Å². The molecular weight excluding hydrogens is 253 g/mol. The number of amides is 1. The molecule has 1 fully saturated rings. The molecular formula is C12H16FN3O3. The number of aliphatic hydroxyl groups is 1. The first kappa shape index (κ1) is 13.7. The maximum Gasteiger partial charge on any atom is 0.258 e. The molecule has 2 rings (SSSR count). The zero-order chi connectivity index (χ0) is 13.8. The fourth-order valence-electron chi connectivity index (χ4n) is 2.03. The van der Waals surface area contributed by atoms with E-state index < -0.39 is 11.9 Å². The van der Waals surface area contributed by atoms with Crippen molar-refractivity contribution in [3.63, 3.8) is 0 Å². The van der Waals surface area contributed by atoms with Crippen molar-refractivity contribution in [2.45, 2.75) is 6.04 Å². The van der Waals surface area contributed by atoms with Gasteiger partial charge in [-0.05, 0) is 6.07 Å². The highest BCUT2D eigenvalue weighted by atomic mass is 19.1. The first-order valence-corrected chi connectivity index (χ1v) is 6.00. The van der Waals surface area contributed by atoms with Crippen LogP contribution in [-0.2, 0) is 4.74 Å². The highest BCUT2D eigenvalue weighted by Crippen LogP contribution is 2.18. The van der Waals surface area contributed by atoms with Gasteiger partial charge in [-0.15, -0.1) is 0 Å². The monoisotopic (exact) mass is 269 g/mol. The molecule has 104 valence electrons. The van der Waals surface area contributed by atoms with Gasteiger partial charge in [-0.1, -0.05) is 0 Å². The lowest BCUT2D eigenvalue weighted by Crippen LogP contribution is -2.50. The Kier molecular flexibility index (Phi) is 4.28. The van der Waals surface area contributed by atoms with E-state index in [9.17, 15) is 14.3 Å². The number of hydrogen-bond donors (Lipinski definition) is 2. The van der Waals surface area contributed by atoms with Crippen molar-refractivity contribution >= 4 is 11.7 Å². The topological polar surface area (TPSA) is 74.7 Å². The van der Waals surface area contributed by atoms with Crippen LogP contribution < -0.4 is 5.32 Å². The Labute approximate surface area is 110 Å². The highest BCUT2D eigenvalue weighted by molar-refractivity contribution is 5.99. The molecule has 0 saturated carbocycles. The van der Waals surface area contributed by atoms with Gasteiger partial charge in [-0.2, -0.15) is 0 Å². The maximum atomic E-state index is 13.3. The van der Waals surface area contributed by atoms with E-state index in [1.807, 2.05) is 0 Å². The number of aliphatic hydroxyl groups excluding tert-OH is 1. The van der Waals surface area contributed by atoms with Gasteiger partial charge in [0.1, 0.15) is 11.6 Å². The van der Waals surface area contributed by atoms with Gasteiger partial charge in [0.15, 0.2) is 0 Å². The third-order valence-electron chi connectivity index (χ3n) is 3.02. The minimum Gasteiger partial charge on any atom is -0.394 e. The summed E-state index contributed by atoms with van der Waals surface area (Å²) in [6.45, 7) is 0.854. The van der Waals surface area contributed by atoms with Gasteiger partial charge < -0.3 is 20.1 Å². The SMILES string of the molecule is CNc1ncc(F)cc1C(=O)N1CCOCC1CO. The molecule has 1 amide bonds. The van der Waals surface area contributed by atoms with Gasteiger partial charge in [0.25, 0.3) is 5.91 Å². The Morgan fingerprint density at radius 2 is 2.53 bits per heavy atom. The van der Waals surface area contributed by atoms with Crippen LogP contribution in [0.15, 0.2) is 12.3 Å². The summed E-state index contributed by atoms with van der Waals surface area (Å²) in [7, 11) is 1.61. The lowest BCUT2D eigenvalue weighted by Gasteiger charge is -2.34. The molecule has 1 aromatic heterocycles. The molecule has 1 atom stereocenters. The van der Waals surface area contributed by atoms with Crippen LogP contribution in [0.2, 0.25) is 0 Å². The standard InChI is InChI=1S/C12H16FN3O3/c1-14-11-10(4-8(13)5-15-11)12(18)16-2-3-19-7-9(16)6-17/h4-5,9,17H,2-3,6-7H2,1H3,(H,14,15). The number of aromatic nitrogens is 1. The molecule has 2 heterocycles. The summed E-state index contributed by atoms with van der Waals surface area (Å²) in [4.78, 5) is 17.7. The number of rotatable bonds is 3. The average molecular weight is 269 g/mol. The summed E-state index contributed by atoms with van der Waals surface area (Å²) in [5.41, 5.74) is 0.155. The van der Waals surface area contributed by atoms with Gasteiger partial charge in [-0.25, -0.2) is 9.37 Å². The Morgan fingerprint density at radius 3 is 3.21 bits per heavy atom. The van der Waals surface area contributed by atoms with E-state index in [0.717, 1.165) is 12.3 Å². The summed E-state index contributed by atoms with van der Waals surface area (Å²) in [5.74, 6) is -0.621. The van der Waals surface area contributed by atoms with Crippen LogP contribution in [0, 0.1) is 5.82 Å². The molecule has 0 aromatic carbocycles. The predicted molar refractivity (Wildman–Crippen MR) is 66.5 cm³/mol. The molecule has 1 aliphatic heterocycles. The quantitative estimate of drug-likeness (QED) is 0.814. The maximum absolute atomic E-state index is 13.3. The first-order chi connectivity index (χ1) is 9.17. The minimum atomic E-state index is -0.573. The van der Waals surface area contributed by atoms with Crippen LogP contribution in [0.5, 0.6) is 0 Å². The number of nitrogens with zero attached hydrogens (tertiary/aromatic N) is 2. The first-order valence-electron chi connectivity index (χ1n) is 6.00. The molecule has 19 heavy (non-hydrogen) atoms. The second-order valence-electron chi connectivity index (χ2n) is 4.21. The van der Waals surface area contributed by atoms with Crippen LogP contribution >= 0.6 is 0 Å². The van der Waals surface area contributed by atoms with Crippen molar-refractivity contribution in [1.82, 2.24) is 9.88 Å². The molecule has 0 radical (unpaired) electrons. The summed E-state index contributed by atoms with van der Waals surface area (Å²) in [5, 5.41) is 12.0. The molecule has 2 N–H and O–H groups in total. The molecule has 7 heteroatoms. The number of anilines is 1. The Bertz CT molecular complexity index is 470. The predicted octanol–water partition coefficient (Wildman–Crippen LogP) is 0.0957. The van der Waals surface area contributed by atoms with Crippen molar-refractivity contribution < 1.29 is 19.0 Å². The molecule has 0 bridgehead atoms. The average Bonchev–Trinajstić information content (AvgIpc) is 2.46. The number of nitrogens with one attached hydrogen (secondary N) is 1. The van der Waals surface area contributed by atoms with Crippen LogP contribution in [0.1, 0.15) is 10.4 Å². The number of carbonyl (C=O) groups is 1. The Morgan fingerprint density at radius 1 is 1.74 bits per heavy atom. The van der Waals surface area contributed by atoms with E-state index in [2.05, 4.69) is 10.3 Å². The summed E-state index contributed by atoms with van der Waals surface area (Å²) in [6.07, 6.45) is 1.05. The van der Waals surface area contributed by atoms with Crippen molar-refractivity contribution in [2.24, 2.45) is 0 Å². The normalized spacial score (nSPS) is 19.3. The van der Waals surface area contributed by atoms with Crippen molar-refractivity contribution in [3.05, 3.63) is 23.6 Å². The van der Waals surface area contributed by atoms with E-state index in [-0.39, 0.29) is 24.7 Å². The molecule has 6 nitrogen and oxygen atoms in total. The van der Waals surface area contributed by atoms with Gasteiger partial charge in [-0.3, -0.25) is 4.79 Å². The zero-order valence-electron chi connectivity index (χ0n) is 10.6. The second-order valence-corrected chi connectivity index (χ2v) is 4.21. The number of pyridine rings is 1. The Balaban J connectivity index is 2.29. The van der Waals surface area contributed by atoms with E-state index in [4.69, 9.17) is 4.74 Å². The number of carbonyl (C=O) groups excluding carboxylic acids is 1. The van der Waals surface area contributed by atoms with Crippen molar-refractivity contribution in [1.29, 1.82) is 0 Å². The summed E-state index contributed by atoms with van der Waals surface area (Å²) in [6, 6.07) is 0.736. The van der Waals surface area contributed by atoms with Crippen molar-refractivity contribution in [3.8, 4) is 0 Å². The highest BCUT2D eigenvalue weighted by Gasteiger charge is 2.29. The third-order valence-corrected chi connectivity index (χ3v) is 3.02. The minimum absolute atomic E-state index is 0.155. The third kappa shape index (κ3) is 2.82. The molecule has 1 aliphatic rings. The second kappa shape index (κ2) is 5.94. The van der Waals surface area contributed by atoms with Crippen LogP contribution in [0.25, 0.3) is 0 Å². The van der Waals surface area contributed by atoms with Gasteiger partial charge >= 0.3 is 0 Å². The van der Waals surface area contributed by atoms with E-state index in [1.54, 1.807) is 7.05 Å². The number of halogens is 1. The van der Waals surface area contributed by atoms with Gasteiger partial charge in [0.05, 0.1) is 37.6 Å². The van der Waals surface area contributed by atoms with Crippen LogP contribution in [0.3, 0.4) is 0 Å². The van der Waals surface area contributed by atoms with Crippen molar-refractivity contribution in [2.75, 3.05) is 38.7 Å². The molecule has 1 aromatic rings. The smallest absolute Gasteiger partial charge is 0.258 e. The fraction of sp³-hybridized carbons (Fsp3) is 0.500. The molecule has 0 aliphatic carbocycles. The Hall–Kier alpha value is -1.73. The largest absolute Gasteiger partial charge is 0.394 e. The van der Waals surface area contributed by atoms with Gasteiger partial charge in [0, 0.05) is 13.6 Å². The molecule has 1 saturated heterocycles. The van der Waals surface area contributed by atoms with Gasteiger partial charge in [0.2, 0.25) is 0 Å². The molecule has 0 spiro atoms. The number of ether oxygens (including phenoxy) is 1. The van der Waals surface area contributed by atoms with E-state index in [1.165, 1.54) is 4.90 Å². The van der Waals surface area contributed by atoms with Crippen LogP contribution in [0.4, 0.5) is 10.2 Å². The molecule has 1 unspecified atom stereocenters. The lowest BCUT2D eigenvalue weighted by molar-refractivity contribution is -0.0183. The number of hydrogen-bond acceptors (Lipinski definition) is 5. The zero-order valence-corrected chi connectivity index (χ0v) is 10.6. The fourth-order valence-corrected chi connectivity index (χ4v) is 2.03. The summed E-state index contributed by atoms with van der Waals surface area (Å²) >= 11 is 0. The lowest BCUT2D eigenvalue weighted by atomic mass is 10.1. The van der Waals surface area contributed by atoms with E-state index >= 15 is 0 Å².